The molecule has 2 rings (SSSR count). The lowest BCUT2D eigenvalue weighted by Gasteiger charge is -2.35. The van der Waals surface area contributed by atoms with Crippen molar-refractivity contribution in [3.05, 3.63) is 64.7 Å². The first-order valence-electron chi connectivity index (χ1n) is 11.3. The summed E-state index contributed by atoms with van der Waals surface area (Å²) in [4.78, 5) is 10.6. The van der Waals surface area contributed by atoms with Crippen molar-refractivity contribution in [2.75, 3.05) is 0 Å². The number of hydrogen-bond donors (Lipinski definition) is 1. The molecule has 0 fully saturated rings. The van der Waals surface area contributed by atoms with Gasteiger partial charge in [0.25, 0.3) is 0 Å². The molecular weight excluding hydrogens is 536 g/mol. The van der Waals surface area contributed by atoms with Gasteiger partial charge in [-0.15, -0.1) is 0 Å². The van der Waals surface area contributed by atoms with Crippen LogP contribution in [-0.2, 0) is 17.8 Å². The van der Waals surface area contributed by atoms with Gasteiger partial charge in [0.2, 0.25) is 0 Å². The number of alkyl halides is 4. The predicted molar refractivity (Wildman–Crippen MR) is 135 cm³/mol. The highest BCUT2D eigenvalue weighted by atomic mass is 32.2. The maximum absolute atomic E-state index is 14.8. The third-order valence-electron chi connectivity index (χ3n) is 5.96. The Morgan fingerprint density at radius 1 is 1.03 bits per heavy atom. The maximum Gasteiger partial charge on any atom is 0.461 e. The minimum Gasteiger partial charge on any atom is -0.591 e. The zero-order valence-electron chi connectivity index (χ0n) is 21.6. The van der Waals surface area contributed by atoms with E-state index in [4.69, 9.17) is 0 Å². The largest absolute Gasteiger partial charge is 0.591 e. The third kappa shape index (κ3) is 7.98. The Morgan fingerprint density at radius 2 is 1.62 bits per heavy atom. The van der Waals surface area contributed by atoms with Gasteiger partial charge in [-0.05, 0) is 81.2 Å². The van der Waals surface area contributed by atoms with Crippen molar-refractivity contribution >= 4 is 25.4 Å². The summed E-state index contributed by atoms with van der Waals surface area (Å²) in [5.74, 6) is -2.57. The molecule has 37 heavy (non-hydrogen) atoms. The van der Waals surface area contributed by atoms with Crippen molar-refractivity contribution in [3.63, 3.8) is 0 Å². The Balaban J connectivity index is 2.71. The highest BCUT2D eigenvalue weighted by Gasteiger charge is 2.44. The topological polar surface area (TPSA) is 64.9 Å². The molecule has 0 spiro atoms. The van der Waals surface area contributed by atoms with Gasteiger partial charge in [0.15, 0.2) is 8.32 Å². The predicted octanol–water partition coefficient (Wildman–Crippen LogP) is 7.02. The Bertz CT molecular complexity index is 1150. The lowest BCUT2D eigenvalue weighted by Crippen LogP contribution is -2.40. The van der Waals surface area contributed by atoms with E-state index in [1.165, 1.54) is 12.1 Å². The SMILES string of the molecule is CC(C)(C)[S+]([O-])N=C(c1cc(F)cc(OC(F)(F)C(F)F)c1)c1ccc(F)c(CC(C)(C)[Si](C)(C)O)c1. The summed E-state index contributed by atoms with van der Waals surface area (Å²) < 4.78 is 102. The van der Waals surface area contributed by atoms with Gasteiger partial charge < -0.3 is 14.1 Å². The highest BCUT2D eigenvalue weighted by molar-refractivity contribution is 7.91. The molecule has 0 bridgehead atoms. The maximum atomic E-state index is 14.8. The zero-order valence-corrected chi connectivity index (χ0v) is 23.5. The molecule has 1 unspecified atom stereocenters. The summed E-state index contributed by atoms with van der Waals surface area (Å²) in [5.41, 5.74) is 0.0479. The summed E-state index contributed by atoms with van der Waals surface area (Å²) in [6.07, 6.45) is -8.91. The Morgan fingerprint density at radius 3 is 2.14 bits per heavy atom. The van der Waals surface area contributed by atoms with Crippen LogP contribution in [0.25, 0.3) is 0 Å². The molecule has 1 atom stereocenters. The number of rotatable bonds is 9. The van der Waals surface area contributed by atoms with E-state index in [9.17, 15) is 35.7 Å². The van der Waals surface area contributed by atoms with E-state index in [2.05, 4.69) is 9.13 Å². The van der Waals surface area contributed by atoms with Crippen LogP contribution in [0.2, 0.25) is 18.1 Å². The van der Waals surface area contributed by atoms with Crippen molar-refractivity contribution < 1.29 is 40.4 Å². The molecule has 0 amide bonds. The van der Waals surface area contributed by atoms with Crippen LogP contribution in [-0.4, -0.2) is 40.7 Å². The summed E-state index contributed by atoms with van der Waals surface area (Å²) in [5, 5.41) is -0.654. The van der Waals surface area contributed by atoms with Crippen LogP contribution in [0.1, 0.15) is 51.3 Å². The molecule has 0 heterocycles. The second-order valence-corrected chi connectivity index (χ2v) is 17.2. The van der Waals surface area contributed by atoms with Gasteiger partial charge in [0.1, 0.15) is 39.2 Å². The van der Waals surface area contributed by atoms with Crippen molar-refractivity contribution in [2.24, 2.45) is 4.40 Å². The van der Waals surface area contributed by atoms with Crippen molar-refractivity contribution in [1.82, 2.24) is 0 Å². The fraction of sp³-hybridized carbons (Fsp3) is 0.480. The fourth-order valence-corrected chi connectivity index (χ4v) is 4.28. The molecule has 2 aromatic carbocycles. The molecule has 0 aliphatic carbocycles. The molecule has 0 saturated carbocycles. The highest BCUT2D eigenvalue weighted by Crippen LogP contribution is 2.39. The molecule has 0 radical (unpaired) electrons. The van der Waals surface area contributed by atoms with Crippen LogP contribution in [0.15, 0.2) is 40.8 Å². The summed E-state index contributed by atoms with van der Waals surface area (Å²) in [7, 11) is -2.74. The fourth-order valence-electron chi connectivity index (χ4n) is 3.00. The number of halogens is 6. The number of nitrogens with zero attached hydrogens (tertiary/aromatic N) is 1. The molecule has 0 aromatic heterocycles. The molecular formula is C25H31F6NO3SSi. The first-order chi connectivity index (χ1) is 16.6. The van der Waals surface area contributed by atoms with Gasteiger partial charge in [-0.2, -0.15) is 17.6 Å². The number of hydrogen-bond acceptors (Lipinski definition) is 4. The van der Waals surface area contributed by atoms with Crippen LogP contribution >= 0.6 is 0 Å². The molecule has 1 N–H and O–H groups in total. The van der Waals surface area contributed by atoms with Gasteiger partial charge in [-0.1, -0.05) is 18.2 Å². The van der Waals surface area contributed by atoms with E-state index in [0.717, 1.165) is 18.2 Å². The Kier molecular flexibility index (Phi) is 9.27. The Hall–Kier alpha value is -2.02. The van der Waals surface area contributed by atoms with E-state index in [-0.39, 0.29) is 28.8 Å². The average molecular weight is 568 g/mol. The van der Waals surface area contributed by atoms with Crippen molar-refractivity contribution in [2.45, 2.75) is 76.5 Å². The van der Waals surface area contributed by atoms with Crippen molar-refractivity contribution in [1.29, 1.82) is 0 Å². The summed E-state index contributed by atoms with van der Waals surface area (Å²) in [6, 6.07) is 6.09. The molecule has 0 aliphatic rings. The Labute approximate surface area is 217 Å². The third-order valence-corrected chi connectivity index (χ3v) is 10.8. The molecule has 2 aromatic rings. The van der Waals surface area contributed by atoms with E-state index in [0.29, 0.717) is 6.07 Å². The van der Waals surface area contributed by atoms with Gasteiger partial charge in [0.05, 0.1) is 0 Å². The van der Waals surface area contributed by atoms with Gasteiger partial charge in [-0.3, -0.25) is 0 Å². The minimum atomic E-state index is -4.88. The first kappa shape index (κ1) is 31.2. The van der Waals surface area contributed by atoms with Crippen molar-refractivity contribution in [3.8, 4) is 5.75 Å². The van der Waals surface area contributed by atoms with Crippen LogP contribution in [0.4, 0.5) is 26.3 Å². The first-order valence-corrected chi connectivity index (χ1v) is 15.4. The van der Waals surface area contributed by atoms with Crippen LogP contribution in [0, 0.1) is 11.6 Å². The molecule has 4 nitrogen and oxygen atoms in total. The van der Waals surface area contributed by atoms with E-state index < -0.39 is 59.4 Å². The van der Waals surface area contributed by atoms with Gasteiger partial charge in [0, 0.05) is 17.2 Å². The van der Waals surface area contributed by atoms with E-state index in [1.54, 1.807) is 47.7 Å². The smallest absolute Gasteiger partial charge is 0.461 e. The summed E-state index contributed by atoms with van der Waals surface area (Å²) >= 11 is -1.92. The standard InChI is InChI=1S/C25H31F6NO3SSi/c1-23(2,3)36(33)32-21(16-11-18(26)13-19(12-16)35-25(30,31)22(28)29)15-8-9-20(27)17(10-15)14-24(4,5)37(6,7)34/h8-13,22,34H,14H2,1-7H3. The van der Waals surface area contributed by atoms with Gasteiger partial charge >= 0.3 is 12.5 Å². The molecule has 0 saturated heterocycles. The minimum absolute atomic E-state index is 0.135. The number of ether oxygens (including phenoxy) is 1. The normalized spacial score (nSPS) is 14.8. The quantitative estimate of drug-likeness (QED) is 0.153. The van der Waals surface area contributed by atoms with Crippen LogP contribution < -0.4 is 4.74 Å². The molecule has 0 aliphatic heterocycles. The van der Waals surface area contributed by atoms with Gasteiger partial charge in [-0.25, -0.2) is 8.78 Å². The lowest BCUT2D eigenvalue weighted by atomic mass is 9.95. The number of benzene rings is 2. The summed E-state index contributed by atoms with van der Waals surface area (Å²) in [6.45, 7) is 11.9. The molecule has 12 heteroatoms. The second kappa shape index (κ2) is 11.0. The molecule has 206 valence electrons. The zero-order chi connectivity index (χ0) is 28.6. The second-order valence-electron chi connectivity index (χ2n) is 10.9. The van der Waals surface area contributed by atoms with E-state index in [1.807, 2.05) is 0 Å². The lowest BCUT2D eigenvalue weighted by molar-refractivity contribution is -0.253. The van der Waals surface area contributed by atoms with E-state index >= 15 is 0 Å². The average Bonchev–Trinajstić information content (AvgIpc) is 2.71. The monoisotopic (exact) mass is 567 g/mol. The van der Waals surface area contributed by atoms with Crippen LogP contribution in [0.5, 0.6) is 5.75 Å². The van der Waals surface area contributed by atoms with Crippen LogP contribution in [0.3, 0.4) is 0 Å².